The fourth-order valence-corrected chi connectivity index (χ4v) is 1.86. The Kier molecular flexibility index (Phi) is 2.86. The van der Waals surface area contributed by atoms with E-state index in [0.29, 0.717) is 0 Å². The molecule has 1 aliphatic rings. The van der Waals surface area contributed by atoms with E-state index in [2.05, 4.69) is 10.7 Å². The molecule has 0 aromatic carbocycles. The molecule has 0 fully saturated rings. The van der Waals surface area contributed by atoms with E-state index in [9.17, 15) is 30.4 Å². The molecule has 86 valence electrons. The van der Waals surface area contributed by atoms with E-state index in [1.807, 2.05) is 0 Å². The van der Waals surface area contributed by atoms with Gasteiger partial charge in [-0.2, -0.15) is 0 Å². The summed E-state index contributed by atoms with van der Waals surface area (Å²) in [5.41, 5.74) is 0. The van der Waals surface area contributed by atoms with Gasteiger partial charge in [0.05, 0.1) is 0 Å². The summed E-state index contributed by atoms with van der Waals surface area (Å²) in [6.45, 7) is 0. The van der Waals surface area contributed by atoms with Crippen molar-refractivity contribution in [3.8, 4) is 0 Å². The topological polar surface area (TPSA) is 34.1 Å². The fraction of sp³-hybridized carbons (Fsp3) is 0.333. The van der Waals surface area contributed by atoms with Crippen LogP contribution in [0, 0.1) is 0 Å². The van der Waals surface area contributed by atoms with Crippen LogP contribution in [0.25, 0.3) is 0 Å². The maximum Gasteiger partial charge on any atom is 0.283 e. The number of alkyl halides is 2. The van der Waals surface area contributed by atoms with Gasteiger partial charge in [0.25, 0.3) is 14.1 Å². The smallest absolute Gasteiger partial charge is 0.234 e. The van der Waals surface area contributed by atoms with Crippen LogP contribution in [0.4, 0.5) is 22.0 Å². The largest absolute Gasteiger partial charge is 0.283 e. The van der Waals surface area contributed by atoms with Crippen molar-refractivity contribution in [3.63, 3.8) is 0 Å². The summed E-state index contributed by atoms with van der Waals surface area (Å²) in [4.78, 5) is 0. The van der Waals surface area contributed by atoms with Gasteiger partial charge in [-0.3, -0.25) is 0 Å². The highest BCUT2D eigenvalue weighted by Crippen LogP contribution is 2.43. The first-order chi connectivity index (χ1) is 6.61. The predicted octanol–water partition coefficient (Wildman–Crippen LogP) is 2.58. The lowest BCUT2D eigenvalue weighted by atomic mass is 10.1. The van der Waals surface area contributed by atoms with E-state index in [0.717, 1.165) is 0 Å². The fourth-order valence-electron chi connectivity index (χ4n) is 0.901. The van der Waals surface area contributed by atoms with Crippen LogP contribution in [0.15, 0.2) is 23.6 Å². The van der Waals surface area contributed by atoms with Crippen molar-refractivity contribution in [1.29, 1.82) is 0 Å². The molecule has 2 nitrogen and oxygen atoms in total. The zero-order chi connectivity index (χ0) is 12.0. The summed E-state index contributed by atoms with van der Waals surface area (Å²) < 4.78 is 84.6. The first-order valence-corrected chi connectivity index (χ1v) is 5.63. The van der Waals surface area contributed by atoms with Crippen LogP contribution in [0.3, 0.4) is 0 Å². The van der Waals surface area contributed by atoms with Gasteiger partial charge >= 0.3 is 0 Å². The van der Waals surface area contributed by atoms with Crippen molar-refractivity contribution < 1.29 is 30.4 Å². The lowest BCUT2D eigenvalue weighted by Gasteiger charge is -2.24. The van der Waals surface area contributed by atoms with Crippen molar-refractivity contribution in [2.75, 3.05) is 0 Å². The molecule has 0 spiro atoms. The van der Waals surface area contributed by atoms with Gasteiger partial charge < -0.3 is 0 Å². The minimum atomic E-state index is -5.29. The Morgan fingerprint density at radius 3 is 2.20 bits per heavy atom. The van der Waals surface area contributed by atoms with Gasteiger partial charge in [0.2, 0.25) is 6.17 Å². The van der Waals surface area contributed by atoms with E-state index in [1.54, 1.807) is 0 Å². The third-order valence-electron chi connectivity index (χ3n) is 1.68. The summed E-state index contributed by atoms with van der Waals surface area (Å²) in [5, 5.41) is -4.14. The molecule has 0 saturated carbocycles. The molecule has 0 radical (unpaired) electrons. The first-order valence-electron chi connectivity index (χ1n) is 3.32. The molecule has 15 heavy (non-hydrogen) atoms. The minimum Gasteiger partial charge on any atom is -0.234 e. The minimum absolute atomic E-state index is 0.557. The molecule has 0 amide bonds. The molecule has 0 N–H and O–H groups in total. The molecule has 0 unspecified atom stereocenters. The van der Waals surface area contributed by atoms with Crippen molar-refractivity contribution in [2.24, 2.45) is 0 Å². The van der Waals surface area contributed by atoms with Crippen LogP contribution >= 0.6 is 10.7 Å². The van der Waals surface area contributed by atoms with Crippen molar-refractivity contribution in [2.45, 2.75) is 11.2 Å². The number of hydrogen-bond acceptors (Lipinski definition) is 2. The van der Waals surface area contributed by atoms with Crippen LogP contribution in [0.2, 0.25) is 0 Å². The van der Waals surface area contributed by atoms with E-state index < -0.39 is 43.8 Å². The zero-order valence-corrected chi connectivity index (χ0v) is 8.22. The second-order valence-corrected chi connectivity index (χ2v) is 5.37. The lowest BCUT2D eigenvalue weighted by Crippen LogP contribution is -2.41. The average Bonchev–Trinajstić information content (AvgIpc) is 2.10. The van der Waals surface area contributed by atoms with Gasteiger partial charge in [-0.1, -0.05) is 0 Å². The number of hydrogen-bond donors (Lipinski definition) is 0. The summed E-state index contributed by atoms with van der Waals surface area (Å²) in [6.07, 6.45) is -4.09. The van der Waals surface area contributed by atoms with Gasteiger partial charge in [-0.15, -0.1) is 0 Å². The Morgan fingerprint density at radius 2 is 1.80 bits per heavy atom. The molecule has 0 aromatic rings. The molecule has 1 aliphatic carbocycles. The number of allylic oxidation sites excluding steroid dienone is 3. The van der Waals surface area contributed by atoms with Crippen molar-refractivity contribution >= 4 is 19.7 Å². The predicted molar refractivity (Wildman–Crippen MR) is 41.9 cm³/mol. The second-order valence-electron chi connectivity index (χ2n) is 2.65. The Hall–Kier alpha value is -0.630. The Morgan fingerprint density at radius 1 is 1.33 bits per heavy atom. The van der Waals surface area contributed by atoms with E-state index in [-0.39, 0.29) is 0 Å². The highest BCUT2D eigenvalue weighted by atomic mass is 35.7. The maximum absolute atomic E-state index is 13.3. The molecule has 9 heteroatoms. The average molecular weight is 269 g/mol. The summed E-state index contributed by atoms with van der Waals surface area (Å²) >= 11 is 0. The Bertz CT molecular complexity index is 456. The van der Waals surface area contributed by atoms with Crippen LogP contribution < -0.4 is 0 Å². The molecule has 2 atom stereocenters. The van der Waals surface area contributed by atoms with Crippen LogP contribution in [-0.2, 0) is 9.05 Å². The molecule has 0 aliphatic heterocycles. The third-order valence-corrected chi connectivity index (χ3v) is 3.47. The lowest BCUT2D eigenvalue weighted by molar-refractivity contribution is 0.159. The zero-order valence-electron chi connectivity index (χ0n) is 6.65. The first kappa shape index (κ1) is 12.4. The van der Waals surface area contributed by atoms with E-state index >= 15 is 0 Å². The summed E-state index contributed by atoms with van der Waals surface area (Å²) in [5.74, 6) is -6.93. The van der Waals surface area contributed by atoms with Gasteiger partial charge in [0, 0.05) is 16.8 Å². The maximum atomic E-state index is 13.3. The summed E-state index contributed by atoms with van der Waals surface area (Å²) in [7, 11) is -0.830. The molecule has 0 bridgehead atoms. The van der Waals surface area contributed by atoms with E-state index in [1.165, 1.54) is 0 Å². The highest BCUT2D eigenvalue weighted by molar-refractivity contribution is 8.14. The Balaban J connectivity index is 3.43. The van der Waals surface area contributed by atoms with Gasteiger partial charge in [0.15, 0.2) is 17.5 Å². The molecule has 0 heterocycles. The van der Waals surface area contributed by atoms with Crippen molar-refractivity contribution in [1.82, 2.24) is 0 Å². The monoisotopic (exact) mass is 268 g/mol. The van der Waals surface area contributed by atoms with Gasteiger partial charge in [0.1, 0.15) is 0 Å². The van der Waals surface area contributed by atoms with E-state index in [4.69, 9.17) is 0 Å². The normalized spacial score (nSPS) is 32.9. The van der Waals surface area contributed by atoms with Crippen LogP contribution in [0.5, 0.6) is 0 Å². The molecular formula is C6H2ClF5O2S. The van der Waals surface area contributed by atoms with Crippen molar-refractivity contribution in [3.05, 3.63) is 23.6 Å². The van der Waals surface area contributed by atoms with Crippen LogP contribution in [0.1, 0.15) is 0 Å². The second kappa shape index (κ2) is 3.44. The molecule has 1 rings (SSSR count). The standard InChI is InChI=1S/C6H2ClF5O2S/c7-15(13,14)6(12)1-2(8)3(9)4(10)5(6)11/h1,5H/t5-,6-/m1/s1. The summed E-state index contributed by atoms with van der Waals surface area (Å²) in [6, 6.07) is 0. The number of halogens is 6. The third kappa shape index (κ3) is 1.76. The molecular weight excluding hydrogens is 267 g/mol. The van der Waals surface area contributed by atoms with Gasteiger partial charge in [-0.05, 0) is 0 Å². The number of rotatable bonds is 1. The SMILES string of the molecule is O=S(=O)(Cl)[C@]1(F)C=C(F)C(F)=C(F)[C@H]1F. The molecule has 0 aromatic heterocycles. The highest BCUT2D eigenvalue weighted by Gasteiger charge is 2.56. The van der Waals surface area contributed by atoms with Crippen LogP contribution in [-0.4, -0.2) is 19.6 Å². The quantitative estimate of drug-likeness (QED) is 0.541. The Labute approximate surface area is 85.4 Å². The molecule has 0 saturated heterocycles. The van der Waals surface area contributed by atoms with Gasteiger partial charge in [-0.25, -0.2) is 30.4 Å².